The summed E-state index contributed by atoms with van der Waals surface area (Å²) in [5, 5.41) is 5.87. The first kappa shape index (κ1) is 32.7. The minimum absolute atomic E-state index is 0.696. The van der Waals surface area contributed by atoms with E-state index in [4.69, 9.17) is 15.0 Å². The molecule has 0 spiro atoms. The van der Waals surface area contributed by atoms with Gasteiger partial charge in [-0.2, -0.15) is 0 Å². The van der Waals surface area contributed by atoms with Gasteiger partial charge in [-0.1, -0.05) is 164 Å². The van der Waals surface area contributed by atoms with E-state index in [2.05, 4.69) is 174 Å². The number of para-hydroxylation sites is 2. The Kier molecular flexibility index (Phi) is 7.78. The van der Waals surface area contributed by atoms with Gasteiger partial charge in [0.15, 0.2) is 5.82 Å². The van der Waals surface area contributed by atoms with E-state index in [1.807, 2.05) is 36.4 Å². The fourth-order valence-electron chi connectivity index (χ4n) is 8.31. The first-order valence-electron chi connectivity index (χ1n) is 19.3. The third-order valence-corrected chi connectivity index (χ3v) is 11.0. The van der Waals surface area contributed by atoms with Gasteiger partial charge in [0.2, 0.25) is 0 Å². The highest BCUT2D eigenvalue weighted by Crippen LogP contribution is 2.43. The molecule has 0 bridgehead atoms. The Hall–Kier alpha value is -7.69. The zero-order valence-electron chi connectivity index (χ0n) is 30.9. The maximum atomic E-state index is 5.26. The van der Waals surface area contributed by atoms with Crippen molar-refractivity contribution >= 4 is 43.5 Å². The average Bonchev–Trinajstić information content (AvgIpc) is 3.62. The monoisotopic (exact) mass is 726 g/mol. The summed E-state index contributed by atoms with van der Waals surface area (Å²) in [5.41, 5.74) is 13.7. The molecule has 57 heavy (non-hydrogen) atoms. The van der Waals surface area contributed by atoms with Crippen LogP contribution < -0.4 is 0 Å². The molecule has 0 amide bonds. The number of benzene rings is 8. The topological polar surface area (TPSA) is 43.6 Å². The summed E-state index contributed by atoms with van der Waals surface area (Å²) in [6.07, 6.45) is 0. The van der Waals surface area contributed by atoms with E-state index >= 15 is 0 Å². The molecule has 0 saturated heterocycles. The fourth-order valence-corrected chi connectivity index (χ4v) is 8.31. The van der Waals surface area contributed by atoms with Crippen LogP contribution in [-0.4, -0.2) is 19.5 Å². The number of rotatable bonds is 6. The summed E-state index contributed by atoms with van der Waals surface area (Å²) in [6, 6.07) is 72.6. The Morgan fingerprint density at radius 2 is 0.912 bits per heavy atom. The summed E-state index contributed by atoms with van der Waals surface area (Å²) < 4.78 is 2.40. The molecule has 0 N–H and O–H groups in total. The normalized spacial score (nSPS) is 11.5. The third kappa shape index (κ3) is 5.66. The standard InChI is InChI=1S/C53H34N4/c1-5-16-36(17-6-1)47-34-48(37-18-7-2-8-19-37)56-53(55-47)39-30-28-35(29-31-39)41-25-15-27-49-51(41)45-32-43-42-24-13-14-26-46(42)54-52(38-20-9-3-10-21-38)44(43)33-50(45)57(49)40-22-11-4-12-23-40/h1-34H. The molecule has 0 aliphatic carbocycles. The molecule has 0 saturated carbocycles. The number of hydrogen-bond acceptors (Lipinski definition) is 3. The van der Waals surface area contributed by atoms with Crippen molar-refractivity contribution in [3.8, 4) is 62.0 Å². The molecule has 11 rings (SSSR count). The van der Waals surface area contributed by atoms with Crippen LogP contribution in [-0.2, 0) is 0 Å². The number of pyridine rings is 1. The Morgan fingerprint density at radius 3 is 1.58 bits per heavy atom. The van der Waals surface area contributed by atoms with Crippen LogP contribution >= 0.6 is 0 Å². The van der Waals surface area contributed by atoms with E-state index in [0.29, 0.717) is 5.82 Å². The molecule has 3 aromatic heterocycles. The first-order valence-corrected chi connectivity index (χ1v) is 19.3. The van der Waals surface area contributed by atoms with Gasteiger partial charge in [0.05, 0.1) is 33.6 Å². The van der Waals surface area contributed by atoms with Gasteiger partial charge in [-0.05, 0) is 59.0 Å². The van der Waals surface area contributed by atoms with Crippen LogP contribution in [0.1, 0.15) is 0 Å². The lowest BCUT2D eigenvalue weighted by atomic mass is 9.95. The lowest BCUT2D eigenvalue weighted by Gasteiger charge is -2.12. The highest BCUT2D eigenvalue weighted by Gasteiger charge is 2.20. The summed E-state index contributed by atoms with van der Waals surface area (Å²) in [6.45, 7) is 0. The molecule has 0 fully saturated rings. The summed E-state index contributed by atoms with van der Waals surface area (Å²) in [4.78, 5) is 15.4. The maximum Gasteiger partial charge on any atom is 0.160 e. The molecule has 8 aromatic carbocycles. The van der Waals surface area contributed by atoms with Gasteiger partial charge >= 0.3 is 0 Å². The van der Waals surface area contributed by atoms with Crippen LogP contribution in [0, 0.1) is 0 Å². The van der Waals surface area contributed by atoms with Gasteiger partial charge in [-0.25, -0.2) is 15.0 Å². The van der Waals surface area contributed by atoms with Crippen molar-refractivity contribution in [2.45, 2.75) is 0 Å². The molecular formula is C53H34N4. The molecule has 0 atom stereocenters. The van der Waals surface area contributed by atoms with Gasteiger partial charge in [0.25, 0.3) is 0 Å². The molecule has 0 radical (unpaired) electrons. The Bertz CT molecular complexity index is 3190. The molecule has 11 aromatic rings. The van der Waals surface area contributed by atoms with Crippen molar-refractivity contribution in [2.24, 2.45) is 0 Å². The van der Waals surface area contributed by atoms with Crippen LogP contribution in [0.4, 0.5) is 0 Å². The number of aromatic nitrogens is 4. The lowest BCUT2D eigenvalue weighted by Crippen LogP contribution is -1.96. The minimum atomic E-state index is 0.696. The van der Waals surface area contributed by atoms with Crippen LogP contribution in [0.3, 0.4) is 0 Å². The van der Waals surface area contributed by atoms with Crippen LogP contribution in [0.15, 0.2) is 206 Å². The summed E-state index contributed by atoms with van der Waals surface area (Å²) >= 11 is 0. The van der Waals surface area contributed by atoms with Crippen molar-refractivity contribution in [1.29, 1.82) is 0 Å². The second-order valence-electron chi connectivity index (χ2n) is 14.4. The molecular weight excluding hydrogens is 693 g/mol. The van der Waals surface area contributed by atoms with E-state index in [9.17, 15) is 0 Å². The van der Waals surface area contributed by atoms with E-state index in [0.717, 1.165) is 77.9 Å². The third-order valence-electron chi connectivity index (χ3n) is 11.0. The lowest BCUT2D eigenvalue weighted by molar-refractivity contribution is 1.18. The number of hydrogen-bond donors (Lipinski definition) is 0. The average molecular weight is 727 g/mol. The molecule has 266 valence electrons. The van der Waals surface area contributed by atoms with Gasteiger partial charge < -0.3 is 4.57 Å². The molecule has 3 heterocycles. The number of fused-ring (bicyclic) bond motifs is 6. The molecule has 4 heteroatoms. The quantitative estimate of drug-likeness (QED) is 0.160. The Balaban J connectivity index is 1.13. The Labute approximate surface area is 330 Å². The fraction of sp³-hybridized carbons (Fsp3) is 0. The van der Waals surface area contributed by atoms with Gasteiger partial charge in [0, 0.05) is 49.5 Å². The second kappa shape index (κ2) is 13.6. The maximum absolute atomic E-state index is 5.26. The van der Waals surface area contributed by atoms with E-state index < -0.39 is 0 Å². The molecule has 0 unspecified atom stereocenters. The van der Waals surface area contributed by atoms with Crippen molar-refractivity contribution < 1.29 is 0 Å². The first-order chi connectivity index (χ1) is 28.3. The van der Waals surface area contributed by atoms with Gasteiger partial charge in [-0.3, -0.25) is 0 Å². The second-order valence-corrected chi connectivity index (χ2v) is 14.4. The zero-order chi connectivity index (χ0) is 37.7. The largest absolute Gasteiger partial charge is 0.309 e. The molecule has 0 aliphatic rings. The highest BCUT2D eigenvalue weighted by atomic mass is 15.0. The minimum Gasteiger partial charge on any atom is -0.309 e. The van der Waals surface area contributed by atoms with Crippen LogP contribution in [0.2, 0.25) is 0 Å². The smallest absolute Gasteiger partial charge is 0.160 e. The summed E-state index contributed by atoms with van der Waals surface area (Å²) in [7, 11) is 0. The van der Waals surface area contributed by atoms with Crippen molar-refractivity contribution in [1.82, 2.24) is 19.5 Å². The van der Waals surface area contributed by atoms with Crippen molar-refractivity contribution in [3.63, 3.8) is 0 Å². The van der Waals surface area contributed by atoms with E-state index in [-0.39, 0.29) is 0 Å². The van der Waals surface area contributed by atoms with Crippen LogP contribution in [0.5, 0.6) is 0 Å². The molecule has 4 nitrogen and oxygen atoms in total. The van der Waals surface area contributed by atoms with Crippen molar-refractivity contribution in [2.75, 3.05) is 0 Å². The highest BCUT2D eigenvalue weighted by molar-refractivity contribution is 6.23. The molecule has 0 aliphatic heterocycles. The predicted octanol–water partition coefficient (Wildman–Crippen LogP) is 13.6. The van der Waals surface area contributed by atoms with Gasteiger partial charge in [-0.15, -0.1) is 0 Å². The predicted molar refractivity (Wildman–Crippen MR) is 236 cm³/mol. The van der Waals surface area contributed by atoms with Gasteiger partial charge in [0.1, 0.15) is 0 Å². The number of nitrogens with zero attached hydrogens (tertiary/aromatic N) is 4. The zero-order valence-corrected chi connectivity index (χ0v) is 30.9. The van der Waals surface area contributed by atoms with E-state index in [1.54, 1.807) is 0 Å². The van der Waals surface area contributed by atoms with Crippen LogP contribution in [0.25, 0.3) is 105 Å². The SMILES string of the molecule is c1ccc(-c2cc(-c3ccccc3)nc(-c3ccc(-c4cccc5c4c4cc6c(cc4n5-c4ccccc4)c(-c4ccccc4)nc4ccccc46)cc3)n2)cc1. The van der Waals surface area contributed by atoms with E-state index in [1.165, 1.54) is 21.7 Å². The Morgan fingerprint density at radius 1 is 0.333 bits per heavy atom. The van der Waals surface area contributed by atoms with Crippen molar-refractivity contribution in [3.05, 3.63) is 206 Å². The summed E-state index contributed by atoms with van der Waals surface area (Å²) in [5.74, 6) is 0.696.